The Bertz CT molecular complexity index is 968. The second kappa shape index (κ2) is 9.45. The maximum Gasteiger partial charge on any atom is 0.295 e. The van der Waals surface area contributed by atoms with E-state index >= 15 is 0 Å². The maximum atomic E-state index is 13.0. The first-order valence-corrected chi connectivity index (χ1v) is 9.57. The summed E-state index contributed by atoms with van der Waals surface area (Å²) in [6.07, 6.45) is 0.559. The van der Waals surface area contributed by atoms with E-state index in [1.165, 1.54) is 12.0 Å². The highest BCUT2D eigenvalue weighted by Crippen LogP contribution is 2.40. The summed E-state index contributed by atoms with van der Waals surface area (Å²) in [4.78, 5) is 27.3. The third-order valence-electron chi connectivity index (χ3n) is 5.04. The molecule has 0 spiro atoms. The highest BCUT2D eigenvalue weighted by Gasteiger charge is 2.45. The van der Waals surface area contributed by atoms with Crippen molar-refractivity contribution in [1.82, 2.24) is 4.90 Å². The van der Waals surface area contributed by atoms with Crippen molar-refractivity contribution in [3.8, 4) is 11.5 Å². The van der Waals surface area contributed by atoms with E-state index in [0.29, 0.717) is 42.2 Å². The van der Waals surface area contributed by atoms with Gasteiger partial charge in [-0.3, -0.25) is 9.59 Å². The van der Waals surface area contributed by atoms with E-state index in [4.69, 9.17) is 14.2 Å². The summed E-state index contributed by atoms with van der Waals surface area (Å²) in [7, 11) is 4.64. The van der Waals surface area contributed by atoms with Crippen molar-refractivity contribution in [1.29, 1.82) is 0 Å². The molecule has 2 aromatic carbocycles. The van der Waals surface area contributed by atoms with Crippen LogP contribution < -0.4 is 9.47 Å². The summed E-state index contributed by atoms with van der Waals surface area (Å²) in [5.74, 6) is -0.485. The summed E-state index contributed by atoms with van der Waals surface area (Å²) in [6, 6.07) is 13.1. The lowest BCUT2D eigenvalue weighted by Gasteiger charge is -2.25. The number of aliphatic hydroxyl groups is 1. The molecule has 1 heterocycles. The topological polar surface area (TPSA) is 85.3 Å². The third kappa shape index (κ3) is 4.16. The van der Waals surface area contributed by atoms with E-state index in [2.05, 4.69) is 0 Å². The average molecular weight is 411 g/mol. The Morgan fingerprint density at radius 1 is 1.00 bits per heavy atom. The van der Waals surface area contributed by atoms with Gasteiger partial charge in [-0.1, -0.05) is 24.3 Å². The highest BCUT2D eigenvalue weighted by molar-refractivity contribution is 6.46. The summed E-state index contributed by atoms with van der Waals surface area (Å²) >= 11 is 0. The molecular weight excluding hydrogens is 386 g/mol. The number of nitrogens with zero attached hydrogens (tertiary/aromatic N) is 1. The maximum absolute atomic E-state index is 13.0. The molecule has 1 amide bonds. The lowest BCUT2D eigenvalue weighted by Crippen LogP contribution is -2.31. The van der Waals surface area contributed by atoms with E-state index in [-0.39, 0.29) is 11.3 Å². The van der Waals surface area contributed by atoms with Gasteiger partial charge in [0.25, 0.3) is 11.7 Å². The van der Waals surface area contributed by atoms with E-state index in [9.17, 15) is 14.7 Å². The Labute approximate surface area is 175 Å². The number of carbonyl (C=O) groups excluding carboxylic acids is 2. The molecule has 1 fully saturated rings. The predicted molar refractivity (Wildman–Crippen MR) is 111 cm³/mol. The van der Waals surface area contributed by atoms with E-state index in [1.54, 1.807) is 62.8 Å². The van der Waals surface area contributed by atoms with Gasteiger partial charge in [-0.2, -0.15) is 0 Å². The summed E-state index contributed by atoms with van der Waals surface area (Å²) in [6.45, 7) is 0.763. The lowest BCUT2D eigenvalue weighted by molar-refractivity contribution is -0.140. The van der Waals surface area contributed by atoms with Crippen LogP contribution in [0, 0.1) is 0 Å². The fourth-order valence-electron chi connectivity index (χ4n) is 3.57. The SMILES string of the molecule is COCCCN1C(=O)C(=O)C(=C(O)c2cccc(OC)c2)C1c1cccc(OC)c1. The second-order valence-corrected chi connectivity index (χ2v) is 6.85. The zero-order valence-corrected chi connectivity index (χ0v) is 17.3. The molecule has 1 atom stereocenters. The largest absolute Gasteiger partial charge is 0.507 e. The molecule has 30 heavy (non-hydrogen) atoms. The van der Waals surface area contributed by atoms with Gasteiger partial charge in [-0.15, -0.1) is 0 Å². The minimum Gasteiger partial charge on any atom is -0.507 e. The smallest absolute Gasteiger partial charge is 0.295 e. The van der Waals surface area contributed by atoms with Gasteiger partial charge in [0.2, 0.25) is 0 Å². The minimum absolute atomic E-state index is 0.0407. The lowest BCUT2D eigenvalue weighted by atomic mass is 9.95. The minimum atomic E-state index is -0.733. The van der Waals surface area contributed by atoms with Gasteiger partial charge in [-0.25, -0.2) is 0 Å². The van der Waals surface area contributed by atoms with Gasteiger partial charge in [0.05, 0.1) is 25.8 Å². The first-order chi connectivity index (χ1) is 14.5. The van der Waals surface area contributed by atoms with Crippen molar-refractivity contribution in [2.45, 2.75) is 12.5 Å². The molecule has 0 saturated carbocycles. The van der Waals surface area contributed by atoms with Gasteiger partial charge >= 0.3 is 0 Å². The Balaban J connectivity index is 2.14. The monoisotopic (exact) mass is 411 g/mol. The quantitative estimate of drug-likeness (QED) is 0.311. The van der Waals surface area contributed by atoms with Crippen molar-refractivity contribution in [3.05, 3.63) is 65.2 Å². The molecule has 3 rings (SSSR count). The first-order valence-electron chi connectivity index (χ1n) is 9.57. The zero-order valence-electron chi connectivity index (χ0n) is 17.3. The molecule has 0 aromatic heterocycles. The number of hydrogen-bond acceptors (Lipinski definition) is 6. The van der Waals surface area contributed by atoms with E-state index in [0.717, 1.165) is 0 Å². The number of amides is 1. The van der Waals surface area contributed by atoms with Crippen LogP contribution in [0.15, 0.2) is 54.1 Å². The summed E-state index contributed by atoms with van der Waals surface area (Å²) < 4.78 is 15.6. The molecule has 1 N–H and O–H groups in total. The van der Waals surface area contributed by atoms with Gasteiger partial charge in [0, 0.05) is 25.8 Å². The standard InChI is InChI=1S/C23H25NO6/c1-28-12-6-11-24-20(15-7-4-9-17(13-15)29-2)19(22(26)23(24)27)21(25)16-8-5-10-18(14-16)30-3/h4-5,7-10,13-14,20,25H,6,11-12H2,1-3H3. The number of benzene rings is 2. The van der Waals surface area contributed by atoms with Crippen LogP contribution in [-0.4, -0.2) is 56.2 Å². The van der Waals surface area contributed by atoms with Gasteiger partial charge in [0.1, 0.15) is 17.3 Å². The predicted octanol–water partition coefficient (Wildman–Crippen LogP) is 3.16. The number of rotatable bonds is 8. The normalized spacial score (nSPS) is 18.0. The molecule has 1 unspecified atom stereocenters. The summed E-state index contributed by atoms with van der Waals surface area (Å²) in [5.41, 5.74) is 1.12. The number of aliphatic hydroxyl groups excluding tert-OH is 1. The van der Waals surface area contributed by atoms with Crippen LogP contribution >= 0.6 is 0 Å². The van der Waals surface area contributed by atoms with Crippen molar-refractivity contribution in [3.63, 3.8) is 0 Å². The van der Waals surface area contributed by atoms with Crippen LogP contribution in [0.3, 0.4) is 0 Å². The molecule has 7 nitrogen and oxygen atoms in total. The molecule has 0 radical (unpaired) electrons. The molecule has 0 aliphatic carbocycles. The molecule has 7 heteroatoms. The number of ketones is 1. The summed E-state index contributed by atoms with van der Waals surface area (Å²) in [5, 5.41) is 11.0. The van der Waals surface area contributed by atoms with E-state index < -0.39 is 17.7 Å². The van der Waals surface area contributed by atoms with Crippen LogP contribution in [-0.2, 0) is 14.3 Å². The number of methoxy groups -OCH3 is 3. The first kappa shape index (κ1) is 21.4. The van der Waals surface area contributed by atoms with Crippen LogP contribution in [0.5, 0.6) is 11.5 Å². The van der Waals surface area contributed by atoms with Crippen molar-refractivity contribution < 1.29 is 28.9 Å². The third-order valence-corrected chi connectivity index (χ3v) is 5.04. The van der Waals surface area contributed by atoms with Crippen LogP contribution in [0.4, 0.5) is 0 Å². The van der Waals surface area contributed by atoms with Gasteiger partial charge in [-0.05, 0) is 36.2 Å². The van der Waals surface area contributed by atoms with Crippen LogP contribution in [0.25, 0.3) is 5.76 Å². The van der Waals surface area contributed by atoms with Gasteiger partial charge < -0.3 is 24.2 Å². The zero-order chi connectivity index (χ0) is 21.7. The number of carbonyl (C=O) groups is 2. The Morgan fingerprint density at radius 2 is 1.67 bits per heavy atom. The fourth-order valence-corrected chi connectivity index (χ4v) is 3.57. The van der Waals surface area contributed by atoms with E-state index in [1.807, 2.05) is 0 Å². The second-order valence-electron chi connectivity index (χ2n) is 6.85. The van der Waals surface area contributed by atoms with Crippen LogP contribution in [0.1, 0.15) is 23.6 Å². The number of likely N-dealkylation sites (tertiary alicyclic amines) is 1. The van der Waals surface area contributed by atoms with Crippen molar-refractivity contribution in [2.24, 2.45) is 0 Å². The number of hydrogen-bond donors (Lipinski definition) is 1. The molecule has 0 bridgehead atoms. The molecular formula is C23H25NO6. The molecule has 1 aliphatic rings. The Morgan fingerprint density at radius 3 is 2.33 bits per heavy atom. The fraction of sp³-hybridized carbons (Fsp3) is 0.304. The molecule has 1 aliphatic heterocycles. The average Bonchev–Trinajstić information content (AvgIpc) is 3.03. The molecule has 158 valence electrons. The van der Waals surface area contributed by atoms with Crippen LogP contribution in [0.2, 0.25) is 0 Å². The molecule has 1 saturated heterocycles. The van der Waals surface area contributed by atoms with Crippen molar-refractivity contribution >= 4 is 17.4 Å². The molecule has 2 aromatic rings. The van der Waals surface area contributed by atoms with Gasteiger partial charge in [0.15, 0.2) is 0 Å². The Kier molecular flexibility index (Phi) is 6.74. The number of Topliss-reactive ketones (excluding diaryl/α,β-unsaturated/α-hetero) is 1. The highest BCUT2D eigenvalue weighted by atomic mass is 16.5. The van der Waals surface area contributed by atoms with Crippen molar-refractivity contribution in [2.75, 3.05) is 34.5 Å². The number of ether oxygens (including phenoxy) is 3. The Hall–Kier alpha value is -3.32.